The highest BCUT2D eigenvalue weighted by Crippen LogP contribution is 2.33. The van der Waals surface area contributed by atoms with Crippen molar-refractivity contribution in [2.45, 2.75) is 37.8 Å². The second-order valence-corrected chi connectivity index (χ2v) is 10.6. The first-order chi connectivity index (χ1) is 19.7. The third-order valence-electron chi connectivity index (χ3n) is 5.62. The Morgan fingerprint density at radius 2 is 1.64 bits per heavy atom. The van der Waals surface area contributed by atoms with Gasteiger partial charge in [0.2, 0.25) is 5.91 Å². The van der Waals surface area contributed by atoms with Gasteiger partial charge in [0.25, 0.3) is 15.1 Å². The quantitative estimate of drug-likeness (QED) is 0.0934. The van der Waals surface area contributed by atoms with E-state index in [9.17, 15) is 41.3 Å². The van der Waals surface area contributed by atoms with Gasteiger partial charge in [-0.2, -0.15) is 22.6 Å². The van der Waals surface area contributed by atoms with Crippen molar-refractivity contribution in [1.29, 1.82) is 0 Å². The standard InChI is InChI=1S/C25H25F3N4O9S/c1-17-5-7-19(8-6-17)22-15-23(25(26,27)28)29-31(22)20-9-11-21(12-10-20)42(37,38)30(18(2)33)16-40-24(34)39-13-3-4-14-41-32(35)36/h5-12,15H,3-4,13-14,16H2,1-2H3. The van der Waals surface area contributed by atoms with E-state index in [4.69, 9.17) is 9.47 Å². The molecule has 0 atom stereocenters. The molecule has 0 aliphatic carbocycles. The number of carbonyl (C=O) groups excluding carboxylic acids is 2. The van der Waals surface area contributed by atoms with Crippen LogP contribution in [0.1, 0.15) is 31.0 Å². The highest BCUT2D eigenvalue weighted by molar-refractivity contribution is 7.89. The van der Waals surface area contributed by atoms with Crippen LogP contribution < -0.4 is 0 Å². The molecule has 42 heavy (non-hydrogen) atoms. The number of aromatic nitrogens is 2. The summed E-state index contributed by atoms with van der Waals surface area (Å²) in [7, 11) is -4.56. The Morgan fingerprint density at radius 3 is 2.21 bits per heavy atom. The van der Waals surface area contributed by atoms with Gasteiger partial charge in [-0.05, 0) is 50.1 Å². The zero-order chi connectivity index (χ0) is 31.1. The Labute approximate surface area is 237 Å². The maximum absolute atomic E-state index is 13.5. The monoisotopic (exact) mass is 614 g/mol. The fourth-order valence-electron chi connectivity index (χ4n) is 3.51. The minimum atomic E-state index is -4.73. The number of alkyl halides is 3. The van der Waals surface area contributed by atoms with Gasteiger partial charge >= 0.3 is 12.3 Å². The van der Waals surface area contributed by atoms with Gasteiger partial charge in [-0.1, -0.05) is 29.8 Å². The summed E-state index contributed by atoms with van der Waals surface area (Å²) in [6, 6.07) is 12.1. The van der Waals surface area contributed by atoms with E-state index in [0.717, 1.165) is 35.4 Å². The van der Waals surface area contributed by atoms with E-state index >= 15 is 0 Å². The predicted molar refractivity (Wildman–Crippen MR) is 138 cm³/mol. The molecule has 226 valence electrons. The van der Waals surface area contributed by atoms with E-state index in [2.05, 4.69) is 9.94 Å². The Morgan fingerprint density at radius 1 is 1.02 bits per heavy atom. The van der Waals surface area contributed by atoms with Crippen LogP contribution in [0.4, 0.5) is 18.0 Å². The van der Waals surface area contributed by atoms with Crippen molar-refractivity contribution in [3.63, 3.8) is 0 Å². The van der Waals surface area contributed by atoms with Crippen molar-refractivity contribution in [3.05, 3.63) is 76.0 Å². The minimum absolute atomic E-state index is 0.109. The topological polar surface area (TPSA) is 160 Å². The molecule has 0 spiro atoms. The van der Waals surface area contributed by atoms with Gasteiger partial charge in [-0.15, -0.1) is 10.1 Å². The van der Waals surface area contributed by atoms with E-state index in [1.165, 1.54) is 12.1 Å². The van der Waals surface area contributed by atoms with Crippen molar-refractivity contribution in [3.8, 4) is 16.9 Å². The lowest BCUT2D eigenvalue weighted by Crippen LogP contribution is -2.38. The lowest BCUT2D eigenvalue weighted by atomic mass is 10.1. The normalized spacial score (nSPS) is 11.5. The molecule has 0 aliphatic rings. The van der Waals surface area contributed by atoms with E-state index < -0.39 is 50.7 Å². The Hall–Kier alpha value is -4.67. The Bertz CT molecular complexity index is 1520. The van der Waals surface area contributed by atoms with Crippen LogP contribution in [0.3, 0.4) is 0 Å². The van der Waals surface area contributed by atoms with Crippen molar-refractivity contribution in [1.82, 2.24) is 14.1 Å². The number of rotatable bonds is 12. The molecule has 2 aromatic carbocycles. The molecule has 1 amide bonds. The summed E-state index contributed by atoms with van der Waals surface area (Å²) < 4.78 is 77.4. The third kappa shape index (κ3) is 8.18. The van der Waals surface area contributed by atoms with E-state index in [0.29, 0.717) is 5.56 Å². The van der Waals surface area contributed by atoms with Crippen LogP contribution in [0.2, 0.25) is 0 Å². The second-order valence-electron chi connectivity index (χ2n) is 8.69. The molecule has 0 radical (unpaired) electrons. The van der Waals surface area contributed by atoms with Crippen molar-refractivity contribution < 1.29 is 50.6 Å². The van der Waals surface area contributed by atoms with Crippen molar-refractivity contribution in [2.75, 3.05) is 19.9 Å². The first-order valence-electron chi connectivity index (χ1n) is 12.1. The molecule has 0 N–H and O–H groups in total. The zero-order valence-electron chi connectivity index (χ0n) is 22.2. The first-order valence-corrected chi connectivity index (χ1v) is 13.6. The smallest absolute Gasteiger partial charge is 0.434 e. The third-order valence-corrected chi connectivity index (χ3v) is 7.43. The fraction of sp³-hybridized carbons (Fsp3) is 0.320. The lowest BCUT2D eigenvalue weighted by molar-refractivity contribution is -0.757. The van der Waals surface area contributed by atoms with Gasteiger partial charge in [0.05, 0.1) is 29.5 Å². The van der Waals surface area contributed by atoms with Crippen molar-refractivity contribution in [2.24, 2.45) is 0 Å². The average Bonchev–Trinajstić information content (AvgIpc) is 3.37. The zero-order valence-corrected chi connectivity index (χ0v) is 23.1. The molecular weight excluding hydrogens is 589 g/mol. The number of aryl methyl sites for hydroxylation is 1. The molecule has 1 aromatic heterocycles. The molecule has 3 aromatic rings. The number of sulfonamides is 1. The number of amides is 1. The van der Waals surface area contributed by atoms with Gasteiger partial charge < -0.3 is 14.3 Å². The highest BCUT2D eigenvalue weighted by Gasteiger charge is 2.35. The second kappa shape index (κ2) is 13.3. The number of carbonyl (C=O) groups is 2. The number of unbranched alkanes of at least 4 members (excludes halogenated alkanes) is 1. The van der Waals surface area contributed by atoms with Crippen LogP contribution >= 0.6 is 0 Å². The summed E-state index contributed by atoms with van der Waals surface area (Å²) in [5, 5.41) is 12.8. The lowest BCUT2D eigenvalue weighted by Gasteiger charge is -2.20. The minimum Gasteiger partial charge on any atom is -0.434 e. The Balaban J connectivity index is 1.76. The largest absolute Gasteiger partial charge is 0.510 e. The van der Waals surface area contributed by atoms with E-state index in [1.54, 1.807) is 24.3 Å². The summed E-state index contributed by atoms with van der Waals surface area (Å²) in [4.78, 5) is 37.7. The first kappa shape index (κ1) is 31.9. The number of ether oxygens (including phenoxy) is 2. The van der Waals surface area contributed by atoms with Gasteiger partial charge in [0.15, 0.2) is 12.4 Å². The maximum atomic E-state index is 13.5. The summed E-state index contributed by atoms with van der Waals surface area (Å²) in [6.07, 6.45) is -5.63. The van der Waals surface area contributed by atoms with E-state index in [-0.39, 0.29) is 41.7 Å². The van der Waals surface area contributed by atoms with Gasteiger partial charge in [0.1, 0.15) is 0 Å². The molecule has 17 heteroatoms. The molecule has 0 unspecified atom stereocenters. The molecule has 0 bridgehead atoms. The van der Waals surface area contributed by atoms with Crippen LogP contribution in [0.25, 0.3) is 16.9 Å². The van der Waals surface area contributed by atoms with E-state index in [1.807, 2.05) is 6.92 Å². The molecule has 0 fully saturated rings. The molecule has 0 aliphatic heterocycles. The highest BCUT2D eigenvalue weighted by atomic mass is 32.2. The van der Waals surface area contributed by atoms with Gasteiger partial charge in [0, 0.05) is 12.5 Å². The number of halogens is 3. The SMILES string of the molecule is CC(=O)N(COC(=O)OCCCCO[N+](=O)[O-])S(=O)(=O)c1ccc(-n2nc(C(F)(F)F)cc2-c2ccc(C)cc2)cc1. The summed E-state index contributed by atoms with van der Waals surface area (Å²) >= 11 is 0. The maximum Gasteiger partial charge on any atom is 0.510 e. The summed E-state index contributed by atoms with van der Waals surface area (Å²) in [5.74, 6) is -0.993. The summed E-state index contributed by atoms with van der Waals surface area (Å²) in [5.41, 5.74) is 0.407. The molecule has 3 rings (SSSR count). The Kier molecular flexibility index (Phi) is 10.1. The predicted octanol–water partition coefficient (Wildman–Crippen LogP) is 4.50. The molecule has 1 heterocycles. The fourth-order valence-corrected chi connectivity index (χ4v) is 4.78. The molecule has 0 saturated heterocycles. The average molecular weight is 615 g/mol. The number of nitrogens with zero attached hydrogens (tertiary/aromatic N) is 4. The van der Waals surface area contributed by atoms with Crippen molar-refractivity contribution >= 4 is 22.1 Å². The number of hydrogen-bond acceptors (Lipinski definition) is 10. The molecule has 13 nitrogen and oxygen atoms in total. The summed E-state index contributed by atoms with van der Waals surface area (Å²) in [6.45, 7) is 1.31. The van der Waals surface area contributed by atoms with Gasteiger partial charge in [-0.3, -0.25) is 4.79 Å². The number of benzene rings is 2. The van der Waals surface area contributed by atoms with Crippen LogP contribution in [0.15, 0.2) is 59.5 Å². The molecular formula is C25H25F3N4O9S. The number of hydrogen-bond donors (Lipinski definition) is 0. The molecule has 0 saturated carbocycles. The van der Waals surface area contributed by atoms with Gasteiger partial charge in [-0.25, -0.2) is 17.9 Å². The van der Waals surface area contributed by atoms with Crippen LogP contribution in [-0.4, -0.2) is 59.6 Å². The van der Waals surface area contributed by atoms with Crippen LogP contribution in [0.5, 0.6) is 0 Å². The van der Waals surface area contributed by atoms with Crippen LogP contribution in [-0.2, 0) is 35.3 Å². The van der Waals surface area contributed by atoms with Crippen LogP contribution in [0, 0.1) is 17.0 Å².